The summed E-state index contributed by atoms with van der Waals surface area (Å²) < 4.78 is 0. The zero-order valence-corrected chi connectivity index (χ0v) is 14.1. The standard InChI is InChI=1S/C16H24N4S/c1-5-7-14-15(17-3)18-11-19-16(14)20(4)12(2)10-13-8-6-9-21-13/h6,8-9,11-12H,5,7,10H2,1-4H3,(H,17,18,19). The van der Waals surface area contributed by atoms with Gasteiger partial charge in [0.2, 0.25) is 0 Å². The molecule has 0 spiro atoms. The Hall–Kier alpha value is -1.62. The van der Waals surface area contributed by atoms with Crippen LogP contribution in [-0.2, 0) is 12.8 Å². The quantitative estimate of drug-likeness (QED) is 0.848. The number of aromatic nitrogens is 2. The van der Waals surface area contributed by atoms with E-state index < -0.39 is 0 Å². The van der Waals surface area contributed by atoms with Crippen LogP contribution in [0.4, 0.5) is 11.6 Å². The van der Waals surface area contributed by atoms with E-state index in [9.17, 15) is 0 Å². The molecule has 1 N–H and O–H groups in total. The second-order valence-corrected chi connectivity index (χ2v) is 6.30. The largest absolute Gasteiger partial charge is 0.373 e. The Morgan fingerprint density at radius 1 is 1.38 bits per heavy atom. The van der Waals surface area contributed by atoms with Crippen LogP contribution in [0, 0.1) is 0 Å². The first kappa shape index (κ1) is 15.8. The van der Waals surface area contributed by atoms with Crippen LogP contribution in [0.15, 0.2) is 23.8 Å². The number of nitrogens with zero attached hydrogens (tertiary/aromatic N) is 3. The highest BCUT2D eigenvalue weighted by atomic mass is 32.1. The average molecular weight is 304 g/mol. The molecule has 4 nitrogen and oxygen atoms in total. The van der Waals surface area contributed by atoms with E-state index in [4.69, 9.17) is 0 Å². The van der Waals surface area contributed by atoms with Crippen LogP contribution >= 0.6 is 11.3 Å². The molecule has 114 valence electrons. The van der Waals surface area contributed by atoms with Gasteiger partial charge in [0.25, 0.3) is 0 Å². The molecule has 21 heavy (non-hydrogen) atoms. The lowest BCUT2D eigenvalue weighted by atomic mass is 10.1. The van der Waals surface area contributed by atoms with E-state index in [-0.39, 0.29) is 0 Å². The molecule has 2 aromatic rings. The summed E-state index contributed by atoms with van der Waals surface area (Å²) in [5.74, 6) is 1.98. The Morgan fingerprint density at radius 3 is 2.81 bits per heavy atom. The van der Waals surface area contributed by atoms with E-state index in [1.165, 1.54) is 10.4 Å². The topological polar surface area (TPSA) is 41.1 Å². The Kier molecular flexibility index (Phi) is 5.56. The van der Waals surface area contributed by atoms with E-state index >= 15 is 0 Å². The molecule has 0 aliphatic heterocycles. The van der Waals surface area contributed by atoms with Gasteiger partial charge in [0.15, 0.2) is 0 Å². The molecule has 0 aromatic carbocycles. The van der Waals surface area contributed by atoms with Crippen LogP contribution in [-0.4, -0.2) is 30.1 Å². The smallest absolute Gasteiger partial charge is 0.137 e. The van der Waals surface area contributed by atoms with Gasteiger partial charge in [-0.1, -0.05) is 19.4 Å². The molecule has 5 heteroatoms. The fourth-order valence-corrected chi connectivity index (χ4v) is 3.29. The molecule has 0 aliphatic carbocycles. The van der Waals surface area contributed by atoms with E-state index in [2.05, 4.69) is 58.6 Å². The summed E-state index contributed by atoms with van der Waals surface area (Å²) in [5.41, 5.74) is 1.21. The van der Waals surface area contributed by atoms with Crippen molar-refractivity contribution in [3.05, 3.63) is 34.3 Å². The zero-order chi connectivity index (χ0) is 15.2. The second-order valence-electron chi connectivity index (χ2n) is 5.27. The minimum Gasteiger partial charge on any atom is -0.373 e. The lowest BCUT2D eigenvalue weighted by molar-refractivity contribution is 0.674. The van der Waals surface area contributed by atoms with Crippen LogP contribution in [0.3, 0.4) is 0 Å². The molecule has 0 aliphatic rings. The van der Waals surface area contributed by atoms with Crippen molar-refractivity contribution in [2.24, 2.45) is 0 Å². The summed E-state index contributed by atoms with van der Waals surface area (Å²) in [6.45, 7) is 4.43. The summed E-state index contributed by atoms with van der Waals surface area (Å²) in [7, 11) is 4.04. The number of likely N-dealkylation sites (N-methyl/N-ethyl adjacent to an activating group) is 1. The number of anilines is 2. The summed E-state index contributed by atoms with van der Waals surface area (Å²) in [6.07, 6.45) is 4.76. The number of rotatable bonds is 7. The first-order chi connectivity index (χ1) is 10.2. The predicted molar refractivity (Wildman–Crippen MR) is 91.5 cm³/mol. The molecular formula is C16H24N4S. The van der Waals surface area contributed by atoms with Crippen molar-refractivity contribution in [3.8, 4) is 0 Å². The van der Waals surface area contributed by atoms with Crippen molar-refractivity contribution in [2.45, 2.75) is 39.2 Å². The van der Waals surface area contributed by atoms with Crippen molar-refractivity contribution in [1.82, 2.24) is 9.97 Å². The number of hydrogen-bond acceptors (Lipinski definition) is 5. The third-order valence-electron chi connectivity index (χ3n) is 3.73. The molecule has 2 rings (SSSR count). The van der Waals surface area contributed by atoms with Crippen LogP contribution in [0.25, 0.3) is 0 Å². The van der Waals surface area contributed by atoms with Crippen molar-refractivity contribution in [2.75, 3.05) is 24.3 Å². The Balaban J connectivity index is 2.23. The maximum absolute atomic E-state index is 4.53. The van der Waals surface area contributed by atoms with Crippen molar-refractivity contribution < 1.29 is 0 Å². The first-order valence-corrected chi connectivity index (χ1v) is 8.32. The van der Waals surface area contributed by atoms with Crippen LogP contribution < -0.4 is 10.2 Å². The van der Waals surface area contributed by atoms with Crippen molar-refractivity contribution in [3.63, 3.8) is 0 Å². The van der Waals surface area contributed by atoms with E-state index in [0.717, 1.165) is 30.9 Å². The lowest BCUT2D eigenvalue weighted by Gasteiger charge is -2.28. The van der Waals surface area contributed by atoms with Gasteiger partial charge >= 0.3 is 0 Å². The minimum atomic E-state index is 0.402. The molecule has 1 unspecified atom stereocenters. The maximum atomic E-state index is 4.53. The highest BCUT2D eigenvalue weighted by Gasteiger charge is 2.18. The van der Waals surface area contributed by atoms with E-state index in [0.29, 0.717) is 6.04 Å². The number of hydrogen-bond donors (Lipinski definition) is 1. The molecule has 1 atom stereocenters. The molecule has 2 aromatic heterocycles. The second kappa shape index (κ2) is 7.41. The third-order valence-corrected chi connectivity index (χ3v) is 4.63. The molecular weight excluding hydrogens is 280 g/mol. The van der Waals surface area contributed by atoms with Crippen LogP contribution in [0.2, 0.25) is 0 Å². The van der Waals surface area contributed by atoms with E-state index in [1.54, 1.807) is 6.33 Å². The normalized spacial score (nSPS) is 12.2. The molecule has 0 saturated heterocycles. The van der Waals surface area contributed by atoms with Gasteiger partial charge < -0.3 is 10.2 Å². The predicted octanol–water partition coefficient (Wildman–Crippen LogP) is 3.60. The van der Waals surface area contributed by atoms with Gasteiger partial charge in [0, 0.05) is 37.0 Å². The zero-order valence-electron chi connectivity index (χ0n) is 13.3. The van der Waals surface area contributed by atoms with Gasteiger partial charge in [0.05, 0.1) is 0 Å². The first-order valence-electron chi connectivity index (χ1n) is 7.44. The highest BCUT2D eigenvalue weighted by molar-refractivity contribution is 7.09. The summed E-state index contributed by atoms with van der Waals surface area (Å²) in [4.78, 5) is 12.6. The Morgan fingerprint density at radius 2 is 2.19 bits per heavy atom. The van der Waals surface area contributed by atoms with Gasteiger partial charge in [-0.15, -0.1) is 11.3 Å². The highest BCUT2D eigenvalue weighted by Crippen LogP contribution is 2.26. The summed E-state index contributed by atoms with van der Waals surface area (Å²) in [5, 5.41) is 5.32. The summed E-state index contributed by atoms with van der Waals surface area (Å²) in [6, 6.07) is 4.71. The molecule has 0 radical (unpaired) electrons. The third kappa shape index (κ3) is 3.73. The monoisotopic (exact) mass is 304 g/mol. The Bertz CT molecular complexity index is 553. The maximum Gasteiger partial charge on any atom is 0.137 e. The summed E-state index contributed by atoms with van der Waals surface area (Å²) >= 11 is 1.81. The van der Waals surface area contributed by atoms with Crippen LogP contribution in [0.5, 0.6) is 0 Å². The molecule has 2 heterocycles. The van der Waals surface area contributed by atoms with E-state index in [1.807, 2.05) is 18.4 Å². The van der Waals surface area contributed by atoms with Gasteiger partial charge in [-0.05, 0) is 24.8 Å². The van der Waals surface area contributed by atoms with Gasteiger partial charge in [-0.25, -0.2) is 9.97 Å². The Labute approximate surface area is 131 Å². The molecule has 0 amide bonds. The van der Waals surface area contributed by atoms with Crippen molar-refractivity contribution in [1.29, 1.82) is 0 Å². The fourth-order valence-electron chi connectivity index (χ4n) is 2.47. The van der Waals surface area contributed by atoms with Gasteiger partial charge in [0.1, 0.15) is 18.0 Å². The van der Waals surface area contributed by atoms with Crippen LogP contribution in [0.1, 0.15) is 30.7 Å². The van der Waals surface area contributed by atoms with Gasteiger partial charge in [-0.2, -0.15) is 0 Å². The van der Waals surface area contributed by atoms with Gasteiger partial charge in [-0.3, -0.25) is 0 Å². The minimum absolute atomic E-state index is 0.402. The molecule has 0 bridgehead atoms. The molecule has 0 fully saturated rings. The fraction of sp³-hybridized carbons (Fsp3) is 0.500. The number of thiophene rings is 1. The molecule has 0 saturated carbocycles. The average Bonchev–Trinajstić information content (AvgIpc) is 3.00. The van der Waals surface area contributed by atoms with Crippen molar-refractivity contribution >= 4 is 23.0 Å². The lowest BCUT2D eigenvalue weighted by Crippen LogP contribution is -2.32. The number of nitrogens with one attached hydrogen (secondary N) is 1. The SMILES string of the molecule is CCCc1c(NC)ncnc1N(C)C(C)Cc1cccs1.